The third-order valence-corrected chi connectivity index (χ3v) is 8.32. The van der Waals surface area contributed by atoms with Crippen LogP contribution < -0.4 is 9.62 Å². The Kier molecular flexibility index (Phi) is 8.06. The van der Waals surface area contributed by atoms with E-state index in [4.69, 9.17) is 0 Å². The molecular formula is C21H22N4O5S3. The molecule has 0 unspecified atom stereocenters. The zero-order valence-electron chi connectivity index (χ0n) is 18.1. The molecule has 0 atom stereocenters. The maximum Gasteiger partial charge on any atom is 0.316 e. The fourth-order valence-corrected chi connectivity index (χ4v) is 5.74. The molecule has 0 spiro atoms. The zero-order chi connectivity index (χ0) is 24.0. The number of sulfonamides is 1. The second-order valence-electron chi connectivity index (χ2n) is 6.88. The minimum atomic E-state index is -4.00. The van der Waals surface area contributed by atoms with E-state index in [9.17, 15) is 18.0 Å². The second kappa shape index (κ2) is 10.8. The van der Waals surface area contributed by atoms with Crippen LogP contribution in [0, 0.1) is 13.8 Å². The summed E-state index contributed by atoms with van der Waals surface area (Å²) in [7, 11) is -2.71. The van der Waals surface area contributed by atoms with Crippen molar-refractivity contribution >= 4 is 55.8 Å². The molecule has 12 heteroatoms. The molecule has 0 aliphatic rings. The van der Waals surface area contributed by atoms with Crippen molar-refractivity contribution in [1.82, 2.24) is 10.2 Å². The lowest BCUT2D eigenvalue weighted by Crippen LogP contribution is -2.38. The Balaban J connectivity index is 1.82. The average Bonchev–Trinajstić information content (AvgIpc) is 3.25. The number of rotatable bonds is 9. The largest absolute Gasteiger partial charge is 0.468 e. The van der Waals surface area contributed by atoms with Gasteiger partial charge in [-0.05, 0) is 49.2 Å². The van der Waals surface area contributed by atoms with Gasteiger partial charge in [0.25, 0.3) is 10.0 Å². The number of thioether (sulfide) groups is 1. The summed E-state index contributed by atoms with van der Waals surface area (Å²) in [6.07, 6.45) is 0. The van der Waals surface area contributed by atoms with Gasteiger partial charge in [0.15, 0.2) is 4.34 Å². The molecule has 33 heavy (non-hydrogen) atoms. The van der Waals surface area contributed by atoms with Gasteiger partial charge in [0.1, 0.15) is 6.54 Å². The van der Waals surface area contributed by atoms with E-state index < -0.39 is 28.4 Å². The van der Waals surface area contributed by atoms with Gasteiger partial charge < -0.3 is 4.74 Å². The van der Waals surface area contributed by atoms with Gasteiger partial charge in [-0.3, -0.25) is 19.2 Å². The fourth-order valence-electron chi connectivity index (χ4n) is 2.70. The minimum absolute atomic E-state index is 0.0644. The Morgan fingerprint density at radius 2 is 1.82 bits per heavy atom. The molecule has 0 saturated carbocycles. The minimum Gasteiger partial charge on any atom is -0.468 e. The van der Waals surface area contributed by atoms with E-state index in [0.717, 1.165) is 38.5 Å². The molecule has 1 amide bonds. The van der Waals surface area contributed by atoms with Crippen molar-refractivity contribution in [3.05, 3.63) is 59.7 Å². The predicted octanol–water partition coefficient (Wildman–Crippen LogP) is 3.25. The topological polar surface area (TPSA) is 119 Å². The van der Waals surface area contributed by atoms with Crippen molar-refractivity contribution < 1.29 is 22.7 Å². The number of ether oxygens (including phenoxy) is 1. The van der Waals surface area contributed by atoms with Gasteiger partial charge in [-0.25, -0.2) is 8.42 Å². The Morgan fingerprint density at radius 1 is 1.09 bits per heavy atom. The number of nitrogens with one attached hydrogen (secondary N) is 1. The Bertz CT molecular complexity index is 1250. The van der Waals surface area contributed by atoms with Crippen LogP contribution in [-0.4, -0.2) is 49.9 Å². The van der Waals surface area contributed by atoms with Gasteiger partial charge in [-0.15, -0.1) is 10.2 Å². The van der Waals surface area contributed by atoms with Crippen molar-refractivity contribution in [2.45, 2.75) is 23.1 Å². The van der Waals surface area contributed by atoms with Crippen molar-refractivity contribution in [2.75, 3.05) is 29.0 Å². The van der Waals surface area contributed by atoms with Crippen LogP contribution in [-0.2, 0) is 24.3 Å². The van der Waals surface area contributed by atoms with Crippen LogP contribution >= 0.6 is 23.1 Å². The molecule has 2 aromatic carbocycles. The quantitative estimate of drug-likeness (QED) is 0.267. The SMILES string of the molecule is COC(=O)CSc1nnc(NC(=O)CN(c2ccc(C)c(C)c2)S(=O)(=O)c2ccccc2)s1. The van der Waals surface area contributed by atoms with Crippen LogP contribution in [0.1, 0.15) is 11.1 Å². The van der Waals surface area contributed by atoms with Crippen molar-refractivity contribution in [1.29, 1.82) is 0 Å². The van der Waals surface area contributed by atoms with Crippen LogP contribution in [0.5, 0.6) is 0 Å². The summed E-state index contributed by atoms with van der Waals surface area (Å²) >= 11 is 2.21. The van der Waals surface area contributed by atoms with Crippen molar-refractivity contribution in [2.24, 2.45) is 0 Å². The summed E-state index contributed by atoms with van der Waals surface area (Å²) in [5.74, 6) is -0.918. The number of esters is 1. The average molecular weight is 507 g/mol. The van der Waals surface area contributed by atoms with E-state index in [1.165, 1.54) is 19.2 Å². The van der Waals surface area contributed by atoms with Crippen LogP contribution in [0.25, 0.3) is 0 Å². The number of methoxy groups -OCH3 is 1. The molecule has 9 nitrogen and oxygen atoms in total. The second-order valence-corrected chi connectivity index (χ2v) is 10.9. The summed E-state index contributed by atoms with van der Waals surface area (Å²) in [6.45, 7) is 3.35. The Hall–Kier alpha value is -2.96. The number of nitrogens with zero attached hydrogens (tertiary/aromatic N) is 3. The summed E-state index contributed by atoms with van der Waals surface area (Å²) < 4.78 is 32.9. The van der Waals surface area contributed by atoms with Gasteiger partial charge in [0, 0.05) is 0 Å². The first-order valence-corrected chi connectivity index (χ1v) is 12.9. The van der Waals surface area contributed by atoms with E-state index in [0.29, 0.717) is 10.0 Å². The van der Waals surface area contributed by atoms with Crippen molar-refractivity contribution in [3.63, 3.8) is 0 Å². The van der Waals surface area contributed by atoms with Gasteiger partial charge in [-0.1, -0.05) is 47.4 Å². The molecule has 1 aromatic heterocycles. The van der Waals surface area contributed by atoms with Gasteiger partial charge in [0.2, 0.25) is 11.0 Å². The molecule has 0 bridgehead atoms. The lowest BCUT2D eigenvalue weighted by atomic mass is 10.1. The van der Waals surface area contributed by atoms with E-state index in [1.807, 2.05) is 19.9 Å². The summed E-state index contributed by atoms with van der Waals surface area (Å²) in [5, 5.41) is 10.6. The third kappa shape index (κ3) is 6.30. The number of anilines is 2. The maximum absolute atomic E-state index is 13.4. The summed E-state index contributed by atoms with van der Waals surface area (Å²) in [4.78, 5) is 24.1. The van der Waals surface area contributed by atoms with E-state index in [1.54, 1.807) is 30.3 Å². The number of aryl methyl sites for hydroxylation is 2. The van der Waals surface area contributed by atoms with Crippen LogP contribution in [0.15, 0.2) is 57.8 Å². The first-order chi connectivity index (χ1) is 15.7. The highest BCUT2D eigenvalue weighted by Crippen LogP contribution is 2.27. The predicted molar refractivity (Wildman–Crippen MR) is 128 cm³/mol. The smallest absolute Gasteiger partial charge is 0.316 e. The fraction of sp³-hybridized carbons (Fsp3) is 0.238. The molecule has 0 saturated heterocycles. The molecule has 0 aliphatic heterocycles. The van der Waals surface area contributed by atoms with E-state index >= 15 is 0 Å². The highest BCUT2D eigenvalue weighted by Gasteiger charge is 2.27. The van der Waals surface area contributed by atoms with E-state index in [2.05, 4.69) is 20.3 Å². The monoisotopic (exact) mass is 506 g/mol. The number of carbonyl (C=O) groups is 2. The molecule has 0 aliphatic carbocycles. The maximum atomic E-state index is 13.4. The van der Waals surface area contributed by atoms with Gasteiger partial charge in [-0.2, -0.15) is 0 Å². The number of amides is 1. The third-order valence-electron chi connectivity index (χ3n) is 4.59. The summed E-state index contributed by atoms with van der Waals surface area (Å²) in [5.41, 5.74) is 2.28. The molecule has 3 rings (SSSR count). The highest BCUT2D eigenvalue weighted by atomic mass is 32.2. The number of aromatic nitrogens is 2. The van der Waals surface area contributed by atoms with E-state index in [-0.39, 0.29) is 15.8 Å². The van der Waals surface area contributed by atoms with Crippen LogP contribution in [0.2, 0.25) is 0 Å². The van der Waals surface area contributed by atoms with Gasteiger partial charge in [0.05, 0.1) is 23.4 Å². The number of hydrogen-bond donors (Lipinski definition) is 1. The number of benzene rings is 2. The molecular weight excluding hydrogens is 484 g/mol. The lowest BCUT2D eigenvalue weighted by Gasteiger charge is -2.24. The zero-order valence-corrected chi connectivity index (χ0v) is 20.6. The highest BCUT2D eigenvalue weighted by molar-refractivity contribution is 8.01. The lowest BCUT2D eigenvalue weighted by molar-refractivity contribution is -0.137. The molecule has 3 aromatic rings. The Labute approximate surface area is 200 Å². The molecule has 1 heterocycles. The molecule has 0 radical (unpaired) electrons. The molecule has 174 valence electrons. The van der Waals surface area contributed by atoms with Crippen LogP contribution in [0.3, 0.4) is 0 Å². The first kappa shape index (κ1) is 24.7. The van der Waals surface area contributed by atoms with Crippen LogP contribution in [0.4, 0.5) is 10.8 Å². The normalized spacial score (nSPS) is 11.1. The van der Waals surface area contributed by atoms with Gasteiger partial charge >= 0.3 is 5.97 Å². The first-order valence-electron chi connectivity index (χ1n) is 9.68. The molecule has 1 N–H and O–H groups in total. The van der Waals surface area contributed by atoms with Crippen molar-refractivity contribution in [3.8, 4) is 0 Å². The molecule has 0 fully saturated rings. The standard InChI is InChI=1S/C21H22N4O5S3/c1-14-9-10-16(11-15(14)2)25(33(28,29)17-7-5-4-6-8-17)12-18(26)22-20-23-24-21(32-20)31-13-19(27)30-3/h4-11H,12-13H2,1-3H3,(H,22,23,26). The summed E-state index contributed by atoms with van der Waals surface area (Å²) in [6, 6.07) is 13.1. The number of hydrogen-bond acceptors (Lipinski definition) is 9. The Morgan fingerprint density at radius 3 is 2.48 bits per heavy atom. The number of carbonyl (C=O) groups excluding carboxylic acids is 2.